The molecular formula is C13H25NO. The van der Waals surface area contributed by atoms with Gasteiger partial charge in [0, 0.05) is 13.2 Å². The molecular weight excluding hydrogens is 186 g/mol. The SMILES string of the molecule is CC1(C)C(CNCC2CCCO2)C1(C)C. The van der Waals surface area contributed by atoms with E-state index in [1.54, 1.807) is 0 Å². The fraction of sp³-hybridized carbons (Fsp3) is 1.00. The first-order valence-electron chi connectivity index (χ1n) is 6.28. The third kappa shape index (κ3) is 1.94. The molecule has 1 unspecified atom stereocenters. The Labute approximate surface area is 93.8 Å². The van der Waals surface area contributed by atoms with Crippen LogP contribution in [0.1, 0.15) is 40.5 Å². The third-order valence-electron chi connectivity index (χ3n) is 5.06. The molecule has 2 fully saturated rings. The summed E-state index contributed by atoms with van der Waals surface area (Å²) < 4.78 is 5.60. The van der Waals surface area contributed by atoms with Crippen LogP contribution in [0.4, 0.5) is 0 Å². The van der Waals surface area contributed by atoms with E-state index in [1.165, 1.54) is 12.8 Å². The van der Waals surface area contributed by atoms with Gasteiger partial charge in [-0.25, -0.2) is 0 Å². The standard InChI is InChI=1S/C13H25NO/c1-12(2)11(13(12,3)4)9-14-8-10-6-5-7-15-10/h10-11,14H,5-9H2,1-4H3. The lowest BCUT2D eigenvalue weighted by atomic mass is 10.0. The Kier molecular flexibility index (Phi) is 2.85. The molecule has 1 aliphatic carbocycles. The lowest BCUT2D eigenvalue weighted by Gasteiger charge is -2.11. The molecule has 0 aromatic heterocycles. The van der Waals surface area contributed by atoms with Gasteiger partial charge in [0.2, 0.25) is 0 Å². The average Bonchev–Trinajstić information content (AvgIpc) is 2.62. The monoisotopic (exact) mass is 211 g/mol. The molecule has 2 heteroatoms. The van der Waals surface area contributed by atoms with Crippen molar-refractivity contribution < 1.29 is 4.74 Å². The summed E-state index contributed by atoms with van der Waals surface area (Å²) in [5, 5.41) is 3.58. The lowest BCUT2D eigenvalue weighted by molar-refractivity contribution is 0.109. The van der Waals surface area contributed by atoms with Crippen LogP contribution >= 0.6 is 0 Å². The van der Waals surface area contributed by atoms with Crippen LogP contribution in [-0.2, 0) is 4.74 Å². The zero-order valence-corrected chi connectivity index (χ0v) is 10.6. The van der Waals surface area contributed by atoms with Gasteiger partial charge in [0.25, 0.3) is 0 Å². The Hall–Kier alpha value is -0.0800. The zero-order chi connectivity index (χ0) is 11.1. The van der Waals surface area contributed by atoms with E-state index in [0.717, 1.165) is 25.6 Å². The minimum absolute atomic E-state index is 0.481. The number of hydrogen-bond acceptors (Lipinski definition) is 2. The van der Waals surface area contributed by atoms with E-state index in [1.807, 2.05) is 0 Å². The normalized spacial score (nSPS) is 33.2. The summed E-state index contributed by atoms with van der Waals surface area (Å²) >= 11 is 0. The largest absolute Gasteiger partial charge is 0.377 e. The Balaban J connectivity index is 1.67. The number of rotatable bonds is 4. The number of ether oxygens (including phenoxy) is 1. The van der Waals surface area contributed by atoms with Crippen molar-refractivity contribution in [2.75, 3.05) is 19.7 Å². The predicted octanol–water partition coefficient (Wildman–Crippen LogP) is 2.44. The molecule has 1 saturated heterocycles. The van der Waals surface area contributed by atoms with E-state index in [2.05, 4.69) is 33.0 Å². The summed E-state index contributed by atoms with van der Waals surface area (Å²) in [6, 6.07) is 0. The van der Waals surface area contributed by atoms with Crippen LogP contribution in [0.25, 0.3) is 0 Å². The van der Waals surface area contributed by atoms with Crippen LogP contribution in [0, 0.1) is 16.7 Å². The van der Waals surface area contributed by atoms with Crippen molar-refractivity contribution in [3.8, 4) is 0 Å². The highest BCUT2D eigenvalue weighted by molar-refractivity contribution is 5.12. The average molecular weight is 211 g/mol. The number of hydrogen-bond donors (Lipinski definition) is 1. The van der Waals surface area contributed by atoms with Crippen molar-refractivity contribution in [2.24, 2.45) is 16.7 Å². The zero-order valence-electron chi connectivity index (χ0n) is 10.6. The lowest BCUT2D eigenvalue weighted by Crippen LogP contribution is -2.28. The van der Waals surface area contributed by atoms with E-state index in [4.69, 9.17) is 4.74 Å². The van der Waals surface area contributed by atoms with E-state index < -0.39 is 0 Å². The summed E-state index contributed by atoms with van der Waals surface area (Å²) in [6.45, 7) is 12.7. The van der Waals surface area contributed by atoms with Crippen LogP contribution in [-0.4, -0.2) is 25.8 Å². The maximum absolute atomic E-state index is 5.60. The fourth-order valence-electron chi connectivity index (χ4n) is 3.04. The molecule has 0 amide bonds. The molecule has 1 atom stereocenters. The van der Waals surface area contributed by atoms with Crippen LogP contribution < -0.4 is 5.32 Å². The summed E-state index contributed by atoms with van der Waals surface area (Å²) in [5.74, 6) is 0.825. The molecule has 2 nitrogen and oxygen atoms in total. The van der Waals surface area contributed by atoms with Gasteiger partial charge in [-0.05, 0) is 36.1 Å². The molecule has 0 spiro atoms. The molecule has 1 saturated carbocycles. The molecule has 1 N–H and O–H groups in total. The highest BCUT2D eigenvalue weighted by atomic mass is 16.5. The number of nitrogens with one attached hydrogen (secondary N) is 1. The second-order valence-electron chi connectivity index (χ2n) is 6.29. The topological polar surface area (TPSA) is 21.3 Å². The quantitative estimate of drug-likeness (QED) is 0.771. The first kappa shape index (κ1) is 11.4. The minimum atomic E-state index is 0.481. The molecule has 2 aliphatic rings. The van der Waals surface area contributed by atoms with Gasteiger partial charge in [0.15, 0.2) is 0 Å². The van der Waals surface area contributed by atoms with Crippen molar-refractivity contribution >= 4 is 0 Å². The van der Waals surface area contributed by atoms with Gasteiger partial charge >= 0.3 is 0 Å². The maximum atomic E-state index is 5.60. The van der Waals surface area contributed by atoms with Gasteiger partial charge < -0.3 is 10.1 Å². The molecule has 88 valence electrons. The van der Waals surface area contributed by atoms with Crippen LogP contribution in [0.2, 0.25) is 0 Å². The van der Waals surface area contributed by atoms with Gasteiger partial charge in [-0.1, -0.05) is 27.7 Å². The van der Waals surface area contributed by atoms with Gasteiger partial charge in [0.1, 0.15) is 0 Å². The van der Waals surface area contributed by atoms with Crippen molar-refractivity contribution in [1.29, 1.82) is 0 Å². The summed E-state index contributed by atoms with van der Waals surface area (Å²) in [6.07, 6.45) is 2.96. The fourth-order valence-corrected chi connectivity index (χ4v) is 3.04. The first-order valence-corrected chi connectivity index (χ1v) is 6.28. The molecule has 0 aromatic rings. The Bertz CT molecular complexity index is 215. The molecule has 15 heavy (non-hydrogen) atoms. The van der Waals surface area contributed by atoms with Crippen LogP contribution in [0.15, 0.2) is 0 Å². The molecule has 0 aromatic carbocycles. The first-order chi connectivity index (χ1) is 6.96. The minimum Gasteiger partial charge on any atom is -0.377 e. The molecule has 0 radical (unpaired) electrons. The van der Waals surface area contributed by atoms with Crippen molar-refractivity contribution in [1.82, 2.24) is 5.32 Å². The Morgan fingerprint density at radius 3 is 2.27 bits per heavy atom. The second kappa shape index (κ2) is 3.74. The van der Waals surface area contributed by atoms with Gasteiger partial charge in [-0.2, -0.15) is 0 Å². The van der Waals surface area contributed by atoms with Crippen molar-refractivity contribution in [2.45, 2.75) is 46.6 Å². The summed E-state index contributed by atoms with van der Waals surface area (Å²) in [4.78, 5) is 0. The molecule has 2 rings (SSSR count). The predicted molar refractivity (Wildman–Crippen MR) is 62.9 cm³/mol. The van der Waals surface area contributed by atoms with Crippen molar-refractivity contribution in [3.05, 3.63) is 0 Å². The van der Waals surface area contributed by atoms with Crippen LogP contribution in [0.3, 0.4) is 0 Å². The summed E-state index contributed by atoms with van der Waals surface area (Å²) in [7, 11) is 0. The van der Waals surface area contributed by atoms with Gasteiger partial charge in [-0.3, -0.25) is 0 Å². The highest BCUT2D eigenvalue weighted by Crippen LogP contribution is 2.67. The van der Waals surface area contributed by atoms with E-state index in [9.17, 15) is 0 Å². The molecule has 1 heterocycles. The van der Waals surface area contributed by atoms with Gasteiger partial charge in [0.05, 0.1) is 6.10 Å². The van der Waals surface area contributed by atoms with E-state index in [-0.39, 0.29) is 0 Å². The van der Waals surface area contributed by atoms with Gasteiger partial charge in [-0.15, -0.1) is 0 Å². The smallest absolute Gasteiger partial charge is 0.0700 e. The maximum Gasteiger partial charge on any atom is 0.0700 e. The highest BCUT2D eigenvalue weighted by Gasteiger charge is 2.63. The van der Waals surface area contributed by atoms with Crippen molar-refractivity contribution in [3.63, 3.8) is 0 Å². The summed E-state index contributed by atoms with van der Waals surface area (Å²) in [5.41, 5.74) is 1.02. The van der Waals surface area contributed by atoms with E-state index >= 15 is 0 Å². The molecule has 0 bridgehead atoms. The third-order valence-corrected chi connectivity index (χ3v) is 5.06. The Morgan fingerprint density at radius 1 is 1.13 bits per heavy atom. The Morgan fingerprint density at radius 2 is 1.80 bits per heavy atom. The molecule has 1 aliphatic heterocycles. The second-order valence-corrected chi connectivity index (χ2v) is 6.29. The van der Waals surface area contributed by atoms with E-state index in [0.29, 0.717) is 16.9 Å². The van der Waals surface area contributed by atoms with Crippen LogP contribution in [0.5, 0.6) is 0 Å².